The van der Waals surface area contributed by atoms with Crippen LogP contribution >= 0.6 is 0 Å². The molecule has 1 N–H and O–H groups in total. The third-order valence-electron chi connectivity index (χ3n) is 3.92. The minimum absolute atomic E-state index is 0.155. The summed E-state index contributed by atoms with van der Waals surface area (Å²) in [6.45, 7) is 0. The monoisotopic (exact) mass is 165 g/mol. The molecule has 2 rings (SSSR count). The van der Waals surface area contributed by atoms with Crippen LogP contribution in [0.3, 0.4) is 0 Å². The van der Waals surface area contributed by atoms with Crippen molar-refractivity contribution in [2.24, 2.45) is 5.41 Å². The van der Waals surface area contributed by atoms with E-state index in [2.05, 4.69) is 6.07 Å². The first-order valence-corrected chi connectivity index (χ1v) is 4.82. The van der Waals surface area contributed by atoms with Crippen LogP contribution in [0.15, 0.2) is 0 Å². The van der Waals surface area contributed by atoms with Gasteiger partial charge < -0.3 is 5.11 Å². The van der Waals surface area contributed by atoms with E-state index in [0.717, 1.165) is 32.1 Å². The molecule has 1 atom stereocenters. The lowest BCUT2D eigenvalue weighted by Crippen LogP contribution is -2.48. The van der Waals surface area contributed by atoms with Crippen LogP contribution in [0.4, 0.5) is 0 Å². The van der Waals surface area contributed by atoms with Gasteiger partial charge >= 0.3 is 0 Å². The van der Waals surface area contributed by atoms with Gasteiger partial charge in [0.05, 0.1) is 18.1 Å². The number of hydrogen-bond acceptors (Lipinski definition) is 2. The summed E-state index contributed by atoms with van der Waals surface area (Å²) in [5.41, 5.74) is -0.470. The highest BCUT2D eigenvalue weighted by Gasteiger charge is 2.56. The summed E-state index contributed by atoms with van der Waals surface area (Å²) in [6, 6.07) is 2.12. The fourth-order valence-electron chi connectivity index (χ4n) is 2.94. The van der Waals surface area contributed by atoms with Gasteiger partial charge in [0.15, 0.2) is 0 Å². The molecule has 2 fully saturated rings. The van der Waals surface area contributed by atoms with Crippen molar-refractivity contribution >= 4 is 0 Å². The second-order valence-electron chi connectivity index (χ2n) is 4.35. The molecule has 0 saturated heterocycles. The smallest absolute Gasteiger partial charge is 0.0833 e. The summed E-state index contributed by atoms with van der Waals surface area (Å²) in [7, 11) is 0. The zero-order chi connectivity index (χ0) is 8.66. The first-order chi connectivity index (χ1) is 5.72. The van der Waals surface area contributed by atoms with Crippen molar-refractivity contribution in [1.29, 1.82) is 5.26 Å². The van der Waals surface area contributed by atoms with Gasteiger partial charge in [0.2, 0.25) is 0 Å². The molecule has 0 aromatic rings. The van der Waals surface area contributed by atoms with Crippen molar-refractivity contribution in [3.05, 3.63) is 0 Å². The number of aliphatic hydroxyl groups is 1. The molecule has 0 aliphatic heterocycles. The molecule has 0 bridgehead atoms. The van der Waals surface area contributed by atoms with E-state index < -0.39 is 5.60 Å². The predicted molar refractivity (Wildman–Crippen MR) is 45.3 cm³/mol. The number of nitrogens with zero attached hydrogens (tertiary/aromatic N) is 1. The fourth-order valence-corrected chi connectivity index (χ4v) is 2.94. The second kappa shape index (κ2) is 2.47. The van der Waals surface area contributed by atoms with E-state index in [1.165, 1.54) is 6.42 Å². The summed E-state index contributed by atoms with van der Waals surface area (Å²) >= 11 is 0. The van der Waals surface area contributed by atoms with Crippen LogP contribution in [0.2, 0.25) is 0 Å². The summed E-state index contributed by atoms with van der Waals surface area (Å²) in [5.74, 6) is 0. The average molecular weight is 165 g/mol. The Labute approximate surface area is 73.2 Å². The topological polar surface area (TPSA) is 44.0 Å². The van der Waals surface area contributed by atoms with Crippen LogP contribution in [0.1, 0.15) is 44.9 Å². The van der Waals surface area contributed by atoms with Crippen molar-refractivity contribution in [3.63, 3.8) is 0 Å². The Kier molecular flexibility index (Phi) is 1.66. The molecule has 2 aliphatic carbocycles. The summed E-state index contributed by atoms with van der Waals surface area (Å²) in [6.07, 6.45) is 6.97. The van der Waals surface area contributed by atoms with Gasteiger partial charge in [-0.2, -0.15) is 5.26 Å². The zero-order valence-electron chi connectivity index (χ0n) is 7.34. The van der Waals surface area contributed by atoms with Gasteiger partial charge in [-0.1, -0.05) is 6.42 Å². The quantitative estimate of drug-likeness (QED) is 0.645. The Balaban J connectivity index is 2.18. The lowest BCUT2D eigenvalue weighted by Gasteiger charge is -2.48. The van der Waals surface area contributed by atoms with E-state index in [4.69, 9.17) is 5.26 Å². The molecule has 1 unspecified atom stereocenters. The molecule has 0 amide bonds. The van der Waals surface area contributed by atoms with Crippen LogP contribution in [0.5, 0.6) is 0 Å². The van der Waals surface area contributed by atoms with Gasteiger partial charge in [-0.05, 0) is 32.1 Å². The maximum atomic E-state index is 10.2. The van der Waals surface area contributed by atoms with Gasteiger partial charge in [-0.25, -0.2) is 0 Å². The standard InChI is InChI=1S/C10H15NO/c11-8-7-10(12)6-2-5-9(10)3-1-4-9/h12H,1-7H2. The largest absolute Gasteiger partial charge is 0.388 e. The first-order valence-electron chi connectivity index (χ1n) is 4.82. The molecule has 66 valence electrons. The fraction of sp³-hybridized carbons (Fsp3) is 0.900. The molecular weight excluding hydrogens is 150 g/mol. The SMILES string of the molecule is N#CCC1(O)CCCC12CCC2. The first kappa shape index (κ1) is 8.07. The highest BCUT2D eigenvalue weighted by molar-refractivity contribution is 5.10. The molecule has 0 aromatic carbocycles. The molecule has 0 aromatic heterocycles. The molecular formula is C10H15NO. The molecule has 2 heteroatoms. The van der Waals surface area contributed by atoms with Crippen molar-refractivity contribution in [1.82, 2.24) is 0 Å². The van der Waals surface area contributed by atoms with E-state index in [9.17, 15) is 5.11 Å². The van der Waals surface area contributed by atoms with Gasteiger partial charge in [0.25, 0.3) is 0 Å². The van der Waals surface area contributed by atoms with E-state index in [0.29, 0.717) is 6.42 Å². The van der Waals surface area contributed by atoms with Crippen LogP contribution in [0.25, 0.3) is 0 Å². The number of nitriles is 1. The Morgan fingerprint density at radius 1 is 1.17 bits per heavy atom. The van der Waals surface area contributed by atoms with Gasteiger partial charge in [-0.3, -0.25) is 0 Å². The molecule has 2 aliphatic rings. The summed E-state index contributed by atoms with van der Waals surface area (Å²) < 4.78 is 0. The van der Waals surface area contributed by atoms with Crippen LogP contribution < -0.4 is 0 Å². The Morgan fingerprint density at radius 3 is 2.25 bits per heavy atom. The summed E-state index contributed by atoms with van der Waals surface area (Å²) in [4.78, 5) is 0. The third-order valence-corrected chi connectivity index (χ3v) is 3.92. The normalized spacial score (nSPS) is 37.7. The lowest BCUT2D eigenvalue weighted by molar-refractivity contribution is -0.101. The molecule has 0 radical (unpaired) electrons. The molecule has 2 saturated carbocycles. The van der Waals surface area contributed by atoms with Crippen molar-refractivity contribution in [2.75, 3.05) is 0 Å². The minimum atomic E-state index is -0.625. The van der Waals surface area contributed by atoms with Crippen molar-refractivity contribution in [3.8, 4) is 6.07 Å². The second-order valence-corrected chi connectivity index (χ2v) is 4.35. The van der Waals surface area contributed by atoms with E-state index in [-0.39, 0.29) is 5.41 Å². The lowest BCUT2D eigenvalue weighted by atomic mass is 9.59. The Bertz CT molecular complexity index is 226. The van der Waals surface area contributed by atoms with Crippen LogP contribution in [0, 0.1) is 16.7 Å². The predicted octanol–water partition coefficient (Wildman–Crippen LogP) is 1.99. The molecule has 12 heavy (non-hydrogen) atoms. The van der Waals surface area contributed by atoms with Crippen molar-refractivity contribution in [2.45, 2.75) is 50.5 Å². The Morgan fingerprint density at radius 2 is 1.75 bits per heavy atom. The van der Waals surface area contributed by atoms with Gasteiger partial charge in [-0.15, -0.1) is 0 Å². The summed E-state index contributed by atoms with van der Waals surface area (Å²) in [5, 5.41) is 18.9. The molecule has 1 spiro atoms. The highest BCUT2D eigenvalue weighted by atomic mass is 16.3. The Hall–Kier alpha value is -0.550. The van der Waals surface area contributed by atoms with Gasteiger partial charge in [0, 0.05) is 5.41 Å². The van der Waals surface area contributed by atoms with E-state index in [1.807, 2.05) is 0 Å². The van der Waals surface area contributed by atoms with E-state index in [1.54, 1.807) is 0 Å². The highest BCUT2D eigenvalue weighted by Crippen LogP contribution is 2.59. The maximum absolute atomic E-state index is 10.2. The van der Waals surface area contributed by atoms with Crippen LogP contribution in [-0.4, -0.2) is 10.7 Å². The van der Waals surface area contributed by atoms with Gasteiger partial charge in [0.1, 0.15) is 0 Å². The van der Waals surface area contributed by atoms with Crippen molar-refractivity contribution < 1.29 is 5.11 Å². The number of rotatable bonds is 1. The van der Waals surface area contributed by atoms with E-state index >= 15 is 0 Å². The number of hydrogen-bond donors (Lipinski definition) is 1. The van der Waals surface area contributed by atoms with Crippen LogP contribution in [-0.2, 0) is 0 Å². The molecule has 0 heterocycles. The maximum Gasteiger partial charge on any atom is 0.0833 e. The molecule has 2 nitrogen and oxygen atoms in total. The minimum Gasteiger partial charge on any atom is -0.388 e. The average Bonchev–Trinajstić information content (AvgIpc) is 2.26. The third kappa shape index (κ3) is 0.834. The zero-order valence-corrected chi connectivity index (χ0v) is 7.34.